The van der Waals surface area contributed by atoms with E-state index in [1.165, 1.54) is 0 Å². The summed E-state index contributed by atoms with van der Waals surface area (Å²) < 4.78 is 32.9. The van der Waals surface area contributed by atoms with Crippen molar-refractivity contribution in [2.45, 2.75) is 11.8 Å². The highest BCUT2D eigenvalue weighted by molar-refractivity contribution is 9.10. The molecule has 1 N–H and O–H groups in total. The van der Waals surface area contributed by atoms with Crippen LogP contribution in [0, 0.1) is 6.92 Å². The molecule has 2 aromatic carbocycles. The summed E-state index contributed by atoms with van der Waals surface area (Å²) >= 11 is 3.28. The van der Waals surface area contributed by atoms with Crippen LogP contribution < -0.4 is 9.46 Å². The Balaban J connectivity index is 1.92. The molecule has 6 heteroatoms. The molecule has 0 aliphatic heterocycles. The maximum absolute atomic E-state index is 12.2. The summed E-state index contributed by atoms with van der Waals surface area (Å²) in [6, 6.07) is 14.4. The van der Waals surface area contributed by atoms with E-state index in [1.807, 2.05) is 37.3 Å². The van der Waals surface area contributed by atoms with Gasteiger partial charge < -0.3 is 4.74 Å². The summed E-state index contributed by atoms with van der Waals surface area (Å²) in [6.45, 7) is 2.38. The lowest BCUT2D eigenvalue weighted by molar-refractivity contribution is 0.323. The zero-order valence-corrected chi connectivity index (χ0v) is 13.9. The van der Waals surface area contributed by atoms with E-state index in [9.17, 15) is 8.42 Å². The Morgan fingerprint density at radius 3 is 2.52 bits per heavy atom. The third-order valence-corrected chi connectivity index (χ3v) is 5.22. The van der Waals surface area contributed by atoms with Crippen molar-refractivity contribution < 1.29 is 13.2 Å². The van der Waals surface area contributed by atoms with Gasteiger partial charge in [0.1, 0.15) is 12.4 Å². The Kier molecular flexibility index (Phi) is 5.39. The minimum atomic E-state index is -3.54. The average molecular weight is 370 g/mol. The first-order chi connectivity index (χ1) is 9.99. The lowest BCUT2D eigenvalue weighted by Crippen LogP contribution is -2.28. The van der Waals surface area contributed by atoms with E-state index in [0.29, 0.717) is 10.2 Å². The molecule has 0 saturated carbocycles. The van der Waals surface area contributed by atoms with Crippen LogP contribution in [0.3, 0.4) is 0 Å². The Labute approximate surface area is 133 Å². The van der Waals surface area contributed by atoms with Gasteiger partial charge in [-0.3, -0.25) is 0 Å². The molecule has 0 aliphatic carbocycles. The van der Waals surface area contributed by atoms with Crippen LogP contribution in [0.25, 0.3) is 0 Å². The Hall–Kier alpha value is -1.37. The molecule has 0 aromatic heterocycles. The molecule has 112 valence electrons. The maximum Gasteiger partial charge on any atom is 0.241 e. The van der Waals surface area contributed by atoms with E-state index in [2.05, 4.69) is 20.7 Å². The number of rotatable bonds is 6. The van der Waals surface area contributed by atoms with Crippen molar-refractivity contribution in [2.75, 3.05) is 13.2 Å². The van der Waals surface area contributed by atoms with E-state index in [4.69, 9.17) is 4.74 Å². The molecule has 0 atom stereocenters. The molecular formula is C15H16BrNO3S. The first-order valence-corrected chi connectivity index (χ1v) is 8.70. The summed E-state index contributed by atoms with van der Waals surface area (Å²) in [5.41, 5.74) is 0.994. The second kappa shape index (κ2) is 7.06. The maximum atomic E-state index is 12.2. The predicted octanol–water partition coefficient (Wildman–Crippen LogP) is 3.11. The molecule has 21 heavy (non-hydrogen) atoms. The van der Waals surface area contributed by atoms with Crippen LogP contribution in [0.2, 0.25) is 0 Å². The zero-order valence-electron chi connectivity index (χ0n) is 11.5. The predicted molar refractivity (Wildman–Crippen MR) is 86.0 cm³/mol. The van der Waals surface area contributed by atoms with Crippen LogP contribution >= 0.6 is 15.9 Å². The van der Waals surface area contributed by atoms with E-state index in [0.717, 1.165) is 5.56 Å². The van der Waals surface area contributed by atoms with Crippen LogP contribution in [0.15, 0.2) is 57.9 Å². The number of sulfonamides is 1. The number of para-hydroxylation sites is 1. The molecule has 0 radical (unpaired) electrons. The van der Waals surface area contributed by atoms with Gasteiger partial charge in [0.05, 0.1) is 4.90 Å². The fraction of sp³-hybridized carbons (Fsp3) is 0.200. The van der Waals surface area contributed by atoms with Crippen LogP contribution in [0.1, 0.15) is 5.56 Å². The van der Waals surface area contributed by atoms with Gasteiger partial charge in [0.15, 0.2) is 0 Å². The van der Waals surface area contributed by atoms with Crippen molar-refractivity contribution in [1.29, 1.82) is 0 Å². The Bertz CT molecular complexity index is 702. The molecule has 0 unspecified atom stereocenters. The Morgan fingerprint density at radius 2 is 1.86 bits per heavy atom. The fourth-order valence-electron chi connectivity index (χ4n) is 1.76. The van der Waals surface area contributed by atoms with Gasteiger partial charge in [-0.2, -0.15) is 0 Å². The van der Waals surface area contributed by atoms with Crippen molar-refractivity contribution in [3.63, 3.8) is 0 Å². The molecule has 0 spiro atoms. The number of hydrogen-bond donors (Lipinski definition) is 1. The highest BCUT2D eigenvalue weighted by Gasteiger charge is 2.16. The molecule has 0 fully saturated rings. The number of nitrogens with one attached hydrogen (secondary N) is 1. The highest BCUT2D eigenvalue weighted by atomic mass is 79.9. The van der Waals surface area contributed by atoms with Gasteiger partial charge in [0.2, 0.25) is 10.0 Å². The van der Waals surface area contributed by atoms with Crippen molar-refractivity contribution in [3.8, 4) is 5.75 Å². The molecule has 2 rings (SSSR count). The number of benzene rings is 2. The van der Waals surface area contributed by atoms with Gasteiger partial charge in [-0.25, -0.2) is 13.1 Å². The minimum Gasteiger partial charge on any atom is -0.492 e. The monoisotopic (exact) mass is 369 g/mol. The summed E-state index contributed by atoms with van der Waals surface area (Å²) in [4.78, 5) is 0.229. The summed E-state index contributed by atoms with van der Waals surface area (Å²) in [5.74, 6) is 0.716. The third kappa shape index (κ3) is 4.56. The van der Waals surface area contributed by atoms with Gasteiger partial charge in [0.25, 0.3) is 0 Å². The molecule has 0 amide bonds. The lowest BCUT2D eigenvalue weighted by atomic mass is 10.2. The first kappa shape index (κ1) is 16.0. The molecule has 0 heterocycles. The van der Waals surface area contributed by atoms with E-state index in [1.54, 1.807) is 18.2 Å². The number of ether oxygens (including phenoxy) is 1. The summed E-state index contributed by atoms with van der Waals surface area (Å²) in [7, 11) is -3.54. The van der Waals surface area contributed by atoms with Gasteiger partial charge in [0, 0.05) is 11.0 Å². The van der Waals surface area contributed by atoms with Crippen LogP contribution in [-0.2, 0) is 10.0 Å². The van der Waals surface area contributed by atoms with Crippen molar-refractivity contribution in [2.24, 2.45) is 0 Å². The second-order valence-electron chi connectivity index (χ2n) is 4.49. The van der Waals surface area contributed by atoms with Crippen LogP contribution in [0.5, 0.6) is 5.75 Å². The van der Waals surface area contributed by atoms with E-state index < -0.39 is 10.0 Å². The van der Waals surface area contributed by atoms with Crippen molar-refractivity contribution >= 4 is 26.0 Å². The quantitative estimate of drug-likeness (QED) is 0.795. The normalized spacial score (nSPS) is 11.3. The van der Waals surface area contributed by atoms with Gasteiger partial charge in [-0.1, -0.05) is 24.3 Å². The fourth-order valence-corrected chi connectivity index (χ4v) is 3.97. The number of halogens is 1. The molecule has 0 bridgehead atoms. The molecule has 0 saturated heterocycles. The molecule has 2 aromatic rings. The van der Waals surface area contributed by atoms with E-state index in [-0.39, 0.29) is 18.0 Å². The van der Waals surface area contributed by atoms with Gasteiger partial charge in [-0.05, 0) is 52.7 Å². The average Bonchev–Trinajstić information content (AvgIpc) is 2.44. The van der Waals surface area contributed by atoms with Crippen LogP contribution in [-0.4, -0.2) is 21.6 Å². The first-order valence-electron chi connectivity index (χ1n) is 6.43. The second-order valence-corrected chi connectivity index (χ2v) is 7.08. The van der Waals surface area contributed by atoms with Gasteiger partial charge in [-0.15, -0.1) is 0 Å². The number of aryl methyl sites for hydroxylation is 1. The standard InChI is InChI=1S/C15H16BrNO3S/c1-12-7-8-15(14(16)11-12)21(18,19)17-9-10-20-13-5-3-2-4-6-13/h2-8,11,17H,9-10H2,1H3. The Morgan fingerprint density at radius 1 is 1.14 bits per heavy atom. The van der Waals surface area contributed by atoms with Crippen molar-refractivity contribution in [3.05, 3.63) is 58.6 Å². The third-order valence-electron chi connectivity index (χ3n) is 2.78. The molecular weight excluding hydrogens is 354 g/mol. The summed E-state index contributed by atoms with van der Waals surface area (Å²) in [6.07, 6.45) is 0. The summed E-state index contributed by atoms with van der Waals surface area (Å²) in [5, 5.41) is 0. The minimum absolute atomic E-state index is 0.206. The highest BCUT2D eigenvalue weighted by Crippen LogP contribution is 2.22. The number of hydrogen-bond acceptors (Lipinski definition) is 3. The smallest absolute Gasteiger partial charge is 0.241 e. The van der Waals surface area contributed by atoms with Crippen LogP contribution in [0.4, 0.5) is 0 Å². The van der Waals surface area contributed by atoms with Gasteiger partial charge >= 0.3 is 0 Å². The topological polar surface area (TPSA) is 55.4 Å². The molecule has 4 nitrogen and oxygen atoms in total. The van der Waals surface area contributed by atoms with E-state index >= 15 is 0 Å². The largest absolute Gasteiger partial charge is 0.492 e. The van der Waals surface area contributed by atoms with Crippen molar-refractivity contribution in [1.82, 2.24) is 4.72 Å². The molecule has 0 aliphatic rings. The lowest BCUT2D eigenvalue weighted by Gasteiger charge is -2.10. The SMILES string of the molecule is Cc1ccc(S(=O)(=O)NCCOc2ccccc2)c(Br)c1. The zero-order chi connectivity index (χ0) is 15.3.